The van der Waals surface area contributed by atoms with E-state index in [2.05, 4.69) is 40.6 Å². The Bertz CT molecular complexity index is 649. The first-order chi connectivity index (χ1) is 10.3. The molecule has 1 aromatic carbocycles. The molecule has 4 nitrogen and oxygen atoms in total. The summed E-state index contributed by atoms with van der Waals surface area (Å²) in [5.41, 5.74) is 4.02. The maximum absolute atomic E-state index is 5.56. The van der Waals surface area contributed by atoms with Crippen molar-refractivity contribution < 1.29 is 4.52 Å². The van der Waals surface area contributed by atoms with Gasteiger partial charge in [0.05, 0.1) is 0 Å². The Hall–Kier alpha value is -1.68. The van der Waals surface area contributed by atoms with Crippen LogP contribution in [0.3, 0.4) is 0 Å². The molecule has 0 spiro atoms. The molecule has 2 aliphatic rings. The molecule has 2 heterocycles. The molecule has 0 bridgehead atoms. The normalized spacial score (nSPS) is 25.0. The second-order valence-electron chi connectivity index (χ2n) is 6.37. The van der Waals surface area contributed by atoms with E-state index >= 15 is 0 Å². The van der Waals surface area contributed by atoms with Crippen molar-refractivity contribution in [1.82, 2.24) is 15.5 Å². The Morgan fingerprint density at radius 2 is 2.14 bits per heavy atom. The van der Waals surface area contributed by atoms with E-state index in [4.69, 9.17) is 4.52 Å². The second-order valence-corrected chi connectivity index (χ2v) is 6.37. The third kappa shape index (κ3) is 2.38. The van der Waals surface area contributed by atoms with Crippen molar-refractivity contribution in [1.29, 1.82) is 0 Å². The van der Waals surface area contributed by atoms with Crippen LogP contribution < -0.4 is 5.32 Å². The first-order valence-electron chi connectivity index (χ1n) is 7.98. The van der Waals surface area contributed by atoms with Gasteiger partial charge in [-0.15, -0.1) is 0 Å². The number of aryl methyl sites for hydroxylation is 2. The van der Waals surface area contributed by atoms with E-state index in [1.165, 1.54) is 30.4 Å². The summed E-state index contributed by atoms with van der Waals surface area (Å²) in [4.78, 5) is 4.67. The van der Waals surface area contributed by atoms with Gasteiger partial charge in [-0.25, -0.2) is 0 Å². The Labute approximate surface area is 124 Å². The van der Waals surface area contributed by atoms with Gasteiger partial charge in [0.2, 0.25) is 11.7 Å². The van der Waals surface area contributed by atoms with Gasteiger partial charge in [-0.3, -0.25) is 0 Å². The fourth-order valence-corrected chi connectivity index (χ4v) is 3.59. The maximum atomic E-state index is 5.56. The number of nitrogens with zero attached hydrogens (tertiary/aromatic N) is 2. The number of hydrogen-bond donors (Lipinski definition) is 1. The molecule has 0 saturated carbocycles. The lowest BCUT2D eigenvalue weighted by Gasteiger charge is -2.26. The molecular formula is C17H21N3O. The molecule has 1 aliphatic heterocycles. The number of nitrogens with one attached hydrogen (secondary N) is 1. The highest BCUT2D eigenvalue weighted by Crippen LogP contribution is 2.31. The van der Waals surface area contributed by atoms with Crippen LogP contribution >= 0.6 is 0 Å². The quantitative estimate of drug-likeness (QED) is 0.920. The summed E-state index contributed by atoms with van der Waals surface area (Å²) in [6.45, 7) is 4.31. The molecule has 4 rings (SSSR count). The summed E-state index contributed by atoms with van der Waals surface area (Å²) < 4.78 is 5.56. The monoisotopic (exact) mass is 283 g/mol. The molecule has 2 aromatic rings. The molecule has 1 aromatic heterocycles. The number of hydrogen-bond acceptors (Lipinski definition) is 4. The zero-order valence-corrected chi connectivity index (χ0v) is 12.4. The van der Waals surface area contributed by atoms with Gasteiger partial charge >= 0.3 is 0 Å². The molecule has 1 saturated heterocycles. The Morgan fingerprint density at radius 1 is 1.24 bits per heavy atom. The molecule has 0 amide bonds. The van der Waals surface area contributed by atoms with Crippen molar-refractivity contribution in [3.8, 4) is 11.4 Å². The van der Waals surface area contributed by atoms with Crippen molar-refractivity contribution in [2.75, 3.05) is 13.1 Å². The summed E-state index contributed by atoms with van der Waals surface area (Å²) in [5, 5.41) is 7.63. The zero-order chi connectivity index (χ0) is 14.2. The first kappa shape index (κ1) is 13.0. The number of aromatic nitrogens is 2. The Kier molecular flexibility index (Phi) is 3.26. The summed E-state index contributed by atoms with van der Waals surface area (Å²) in [6.07, 6.45) is 4.73. The van der Waals surface area contributed by atoms with Crippen LogP contribution in [0.15, 0.2) is 22.7 Å². The van der Waals surface area contributed by atoms with Crippen LogP contribution in [0.4, 0.5) is 0 Å². The standard InChI is InChI=1S/C17H21N3O/c1-11-10-18-8-7-15(11)17-19-16(20-21-17)14-6-5-12-3-2-4-13(12)9-14/h5-6,9,11,15,18H,2-4,7-8,10H2,1H3/t11-,15+/m1/s1. The molecule has 2 atom stereocenters. The minimum atomic E-state index is 0.391. The van der Waals surface area contributed by atoms with E-state index < -0.39 is 0 Å². The largest absolute Gasteiger partial charge is 0.339 e. The molecule has 21 heavy (non-hydrogen) atoms. The van der Waals surface area contributed by atoms with Gasteiger partial charge in [-0.1, -0.05) is 24.2 Å². The van der Waals surface area contributed by atoms with Gasteiger partial charge in [0.1, 0.15) is 0 Å². The summed E-state index contributed by atoms with van der Waals surface area (Å²) >= 11 is 0. The van der Waals surface area contributed by atoms with Crippen LogP contribution in [0.1, 0.15) is 42.7 Å². The van der Waals surface area contributed by atoms with Crippen LogP contribution in [-0.4, -0.2) is 23.2 Å². The lowest BCUT2D eigenvalue weighted by molar-refractivity contribution is 0.270. The smallest absolute Gasteiger partial charge is 0.230 e. The molecular weight excluding hydrogens is 262 g/mol. The summed E-state index contributed by atoms with van der Waals surface area (Å²) in [6, 6.07) is 6.59. The second kappa shape index (κ2) is 5.26. The maximum Gasteiger partial charge on any atom is 0.230 e. The van der Waals surface area contributed by atoms with Crippen LogP contribution in [0, 0.1) is 5.92 Å². The lowest BCUT2D eigenvalue weighted by Crippen LogP contribution is -2.33. The van der Waals surface area contributed by atoms with Crippen LogP contribution in [-0.2, 0) is 12.8 Å². The minimum absolute atomic E-state index is 0.391. The van der Waals surface area contributed by atoms with Crippen LogP contribution in [0.5, 0.6) is 0 Å². The fourth-order valence-electron chi connectivity index (χ4n) is 3.59. The Balaban J connectivity index is 1.62. The number of benzene rings is 1. The van der Waals surface area contributed by atoms with Crippen molar-refractivity contribution in [2.24, 2.45) is 5.92 Å². The average Bonchev–Trinajstić information content (AvgIpc) is 3.16. The topological polar surface area (TPSA) is 51.0 Å². The van der Waals surface area contributed by atoms with Gasteiger partial charge in [-0.2, -0.15) is 4.98 Å². The van der Waals surface area contributed by atoms with E-state index in [0.29, 0.717) is 11.8 Å². The lowest BCUT2D eigenvalue weighted by atomic mass is 9.88. The average molecular weight is 283 g/mol. The molecule has 1 N–H and O–H groups in total. The third-order valence-corrected chi connectivity index (χ3v) is 4.90. The minimum Gasteiger partial charge on any atom is -0.339 e. The van der Waals surface area contributed by atoms with Gasteiger partial charge in [0.25, 0.3) is 0 Å². The SMILES string of the molecule is C[C@@H]1CNCC[C@@H]1c1nc(-c2ccc3c(c2)CCC3)no1. The Morgan fingerprint density at radius 3 is 3.05 bits per heavy atom. The highest BCUT2D eigenvalue weighted by molar-refractivity contribution is 5.57. The fraction of sp³-hybridized carbons (Fsp3) is 0.529. The van der Waals surface area contributed by atoms with E-state index in [0.717, 1.165) is 36.8 Å². The van der Waals surface area contributed by atoms with Gasteiger partial charge in [0, 0.05) is 11.5 Å². The van der Waals surface area contributed by atoms with Gasteiger partial charge in [0.15, 0.2) is 0 Å². The summed E-state index contributed by atoms with van der Waals surface area (Å²) in [5.74, 6) is 2.49. The highest BCUT2D eigenvalue weighted by atomic mass is 16.5. The van der Waals surface area contributed by atoms with Crippen LogP contribution in [0.25, 0.3) is 11.4 Å². The number of fused-ring (bicyclic) bond motifs is 1. The molecule has 4 heteroatoms. The van der Waals surface area contributed by atoms with Crippen molar-refractivity contribution in [3.63, 3.8) is 0 Å². The van der Waals surface area contributed by atoms with Crippen molar-refractivity contribution >= 4 is 0 Å². The molecule has 0 unspecified atom stereocenters. The molecule has 1 fully saturated rings. The predicted octanol–water partition coefficient (Wildman–Crippen LogP) is 2.94. The van der Waals surface area contributed by atoms with Gasteiger partial charge in [-0.05, 0) is 61.9 Å². The van der Waals surface area contributed by atoms with Gasteiger partial charge < -0.3 is 9.84 Å². The zero-order valence-electron chi connectivity index (χ0n) is 12.4. The highest BCUT2D eigenvalue weighted by Gasteiger charge is 2.28. The first-order valence-corrected chi connectivity index (χ1v) is 7.98. The molecule has 110 valence electrons. The predicted molar refractivity (Wildman–Crippen MR) is 81.2 cm³/mol. The van der Waals surface area contributed by atoms with Crippen molar-refractivity contribution in [3.05, 3.63) is 35.2 Å². The van der Waals surface area contributed by atoms with E-state index in [1.54, 1.807) is 0 Å². The van der Waals surface area contributed by atoms with Crippen molar-refractivity contribution in [2.45, 2.75) is 38.5 Å². The molecule has 0 radical (unpaired) electrons. The molecule has 1 aliphatic carbocycles. The summed E-state index contributed by atoms with van der Waals surface area (Å²) in [7, 11) is 0. The van der Waals surface area contributed by atoms with Crippen LogP contribution in [0.2, 0.25) is 0 Å². The van der Waals surface area contributed by atoms with E-state index in [9.17, 15) is 0 Å². The van der Waals surface area contributed by atoms with E-state index in [-0.39, 0.29) is 0 Å². The number of rotatable bonds is 2. The number of piperidine rings is 1. The van der Waals surface area contributed by atoms with E-state index in [1.807, 2.05) is 0 Å². The third-order valence-electron chi connectivity index (χ3n) is 4.90.